The lowest BCUT2D eigenvalue weighted by Gasteiger charge is -2.25. The summed E-state index contributed by atoms with van der Waals surface area (Å²) in [6.07, 6.45) is 4.33. The Morgan fingerprint density at radius 1 is 1.00 bits per heavy atom. The van der Waals surface area contributed by atoms with Crippen LogP contribution < -0.4 is 16.4 Å². The summed E-state index contributed by atoms with van der Waals surface area (Å²) < 4.78 is 27.6. The standard InChI is InChI=1S/C24H31N5O5S2/c1-2-28-14-11-18-19(15-28)35-23(20(18)22(31)27-24(25)32)26-21(30)16-7-9-17(10-8-16)36(33,34)29-12-5-3-4-6-13-29/h7-10H,2-6,11-15H2,1H3,(H,26,30)(H3,25,27,31,32). The van der Waals surface area contributed by atoms with Crippen molar-refractivity contribution in [2.24, 2.45) is 5.73 Å². The molecule has 0 unspecified atom stereocenters. The van der Waals surface area contributed by atoms with Gasteiger partial charge in [0.15, 0.2) is 0 Å². The van der Waals surface area contributed by atoms with Gasteiger partial charge in [-0.15, -0.1) is 11.3 Å². The van der Waals surface area contributed by atoms with Gasteiger partial charge in [0, 0.05) is 36.6 Å². The summed E-state index contributed by atoms with van der Waals surface area (Å²) in [5.41, 5.74) is 6.47. The van der Waals surface area contributed by atoms with Gasteiger partial charge in [0.1, 0.15) is 5.00 Å². The number of urea groups is 1. The molecule has 1 fully saturated rings. The van der Waals surface area contributed by atoms with Gasteiger partial charge < -0.3 is 11.1 Å². The number of carbonyl (C=O) groups is 3. The highest BCUT2D eigenvalue weighted by atomic mass is 32.2. The number of benzene rings is 1. The number of thiophene rings is 1. The first-order chi connectivity index (χ1) is 17.2. The van der Waals surface area contributed by atoms with E-state index in [1.54, 1.807) is 0 Å². The molecule has 2 aliphatic rings. The van der Waals surface area contributed by atoms with Crippen LogP contribution in [0.5, 0.6) is 0 Å². The first-order valence-corrected chi connectivity index (χ1v) is 14.4. The molecule has 3 heterocycles. The summed E-state index contributed by atoms with van der Waals surface area (Å²) in [6, 6.07) is 4.85. The number of rotatable bonds is 6. The van der Waals surface area contributed by atoms with Crippen molar-refractivity contribution in [3.8, 4) is 0 Å². The third-order valence-corrected chi connectivity index (χ3v) is 9.64. The SMILES string of the molecule is CCN1CCc2c(sc(NC(=O)c3ccc(S(=O)(=O)N4CCCCCC4)cc3)c2C(=O)NC(N)=O)C1. The number of nitrogens with two attached hydrogens (primary N) is 1. The molecule has 12 heteroatoms. The third kappa shape index (κ3) is 5.61. The fourth-order valence-electron chi connectivity index (χ4n) is 4.61. The second-order valence-electron chi connectivity index (χ2n) is 8.94. The molecular formula is C24H31N5O5S2. The van der Waals surface area contributed by atoms with Crippen molar-refractivity contribution in [3.05, 3.63) is 45.8 Å². The predicted octanol–water partition coefficient (Wildman–Crippen LogP) is 2.75. The van der Waals surface area contributed by atoms with Gasteiger partial charge in [-0.25, -0.2) is 13.2 Å². The minimum absolute atomic E-state index is 0.147. The second-order valence-corrected chi connectivity index (χ2v) is 12.0. The Morgan fingerprint density at radius 2 is 1.67 bits per heavy atom. The lowest BCUT2D eigenvalue weighted by atomic mass is 10.0. The monoisotopic (exact) mass is 533 g/mol. The van der Waals surface area contributed by atoms with E-state index < -0.39 is 27.9 Å². The highest BCUT2D eigenvalue weighted by Crippen LogP contribution is 2.37. The zero-order chi connectivity index (χ0) is 25.9. The van der Waals surface area contributed by atoms with E-state index in [0.717, 1.165) is 49.2 Å². The summed E-state index contributed by atoms with van der Waals surface area (Å²) >= 11 is 1.30. The Morgan fingerprint density at radius 3 is 2.28 bits per heavy atom. The molecule has 10 nitrogen and oxygen atoms in total. The van der Waals surface area contributed by atoms with Crippen molar-refractivity contribution >= 4 is 44.2 Å². The number of fused-ring (bicyclic) bond motifs is 1. The molecule has 2 aliphatic heterocycles. The Hall–Kier alpha value is -2.80. The number of carbonyl (C=O) groups excluding carboxylic acids is 3. The maximum atomic E-state index is 13.1. The molecule has 0 saturated carbocycles. The lowest BCUT2D eigenvalue weighted by Crippen LogP contribution is -2.36. The summed E-state index contributed by atoms with van der Waals surface area (Å²) in [5.74, 6) is -1.13. The molecule has 4 amide bonds. The molecule has 4 N–H and O–H groups in total. The van der Waals surface area contributed by atoms with Crippen molar-refractivity contribution in [2.45, 2.75) is 50.5 Å². The number of sulfonamides is 1. The van der Waals surface area contributed by atoms with Gasteiger partial charge >= 0.3 is 6.03 Å². The third-order valence-electron chi connectivity index (χ3n) is 6.59. The van der Waals surface area contributed by atoms with Gasteiger partial charge in [-0.3, -0.25) is 19.8 Å². The van der Waals surface area contributed by atoms with E-state index in [9.17, 15) is 22.8 Å². The average Bonchev–Trinajstić information content (AvgIpc) is 3.00. The summed E-state index contributed by atoms with van der Waals surface area (Å²) in [7, 11) is -3.62. The van der Waals surface area contributed by atoms with Gasteiger partial charge in [-0.05, 0) is 55.6 Å². The molecule has 0 atom stereocenters. The van der Waals surface area contributed by atoms with E-state index in [0.29, 0.717) is 31.1 Å². The van der Waals surface area contributed by atoms with Crippen LogP contribution in [0.25, 0.3) is 0 Å². The first kappa shape index (κ1) is 26.3. The van der Waals surface area contributed by atoms with Crippen molar-refractivity contribution in [1.29, 1.82) is 0 Å². The van der Waals surface area contributed by atoms with Gasteiger partial charge in [-0.2, -0.15) is 4.31 Å². The minimum atomic E-state index is -3.62. The number of nitrogens with one attached hydrogen (secondary N) is 2. The number of primary amides is 1. The van der Waals surface area contributed by atoms with Crippen LogP contribution in [0.2, 0.25) is 0 Å². The maximum absolute atomic E-state index is 13.1. The van der Waals surface area contributed by atoms with E-state index >= 15 is 0 Å². The van der Waals surface area contributed by atoms with Gasteiger partial charge in [-0.1, -0.05) is 19.8 Å². The summed E-state index contributed by atoms with van der Waals surface area (Å²) in [6.45, 7) is 5.31. The van der Waals surface area contributed by atoms with Crippen LogP contribution >= 0.6 is 11.3 Å². The number of nitrogens with zero attached hydrogens (tertiary/aromatic N) is 2. The highest BCUT2D eigenvalue weighted by Gasteiger charge is 2.29. The summed E-state index contributed by atoms with van der Waals surface area (Å²) in [5, 5.41) is 5.23. The van der Waals surface area contributed by atoms with Crippen LogP contribution in [-0.2, 0) is 23.0 Å². The quantitative estimate of drug-likeness (QED) is 0.521. The molecule has 4 rings (SSSR count). The predicted molar refractivity (Wildman–Crippen MR) is 138 cm³/mol. The van der Waals surface area contributed by atoms with Crippen LogP contribution in [0, 0.1) is 0 Å². The Bertz CT molecular complexity index is 1250. The van der Waals surface area contributed by atoms with Gasteiger partial charge in [0.05, 0.1) is 10.5 Å². The van der Waals surface area contributed by atoms with Crippen molar-refractivity contribution in [2.75, 3.05) is 31.5 Å². The van der Waals surface area contributed by atoms with Gasteiger partial charge in [0.25, 0.3) is 11.8 Å². The van der Waals surface area contributed by atoms with Crippen LogP contribution in [0.3, 0.4) is 0 Å². The molecule has 0 aliphatic carbocycles. The van der Waals surface area contributed by atoms with E-state index in [4.69, 9.17) is 5.73 Å². The van der Waals surface area contributed by atoms with Crippen LogP contribution in [-0.4, -0.2) is 61.6 Å². The van der Waals surface area contributed by atoms with Crippen LogP contribution in [0.1, 0.15) is 63.8 Å². The Kier molecular flexibility index (Phi) is 8.08. The lowest BCUT2D eigenvalue weighted by molar-refractivity contribution is 0.0965. The number of hydrogen-bond acceptors (Lipinski definition) is 7. The molecule has 1 aromatic carbocycles. The molecule has 194 valence electrons. The summed E-state index contributed by atoms with van der Waals surface area (Å²) in [4.78, 5) is 40.5. The average molecular weight is 534 g/mol. The number of anilines is 1. The van der Waals surface area contributed by atoms with Crippen molar-refractivity contribution < 1.29 is 22.8 Å². The molecule has 1 aromatic heterocycles. The number of imide groups is 1. The van der Waals surface area contributed by atoms with E-state index in [-0.39, 0.29) is 16.0 Å². The molecular weight excluding hydrogens is 502 g/mol. The normalized spacial score (nSPS) is 17.1. The number of amides is 4. The van der Waals surface area contributed by atoms with Gasteiger partial charge in [0.2, 0.25) is 10.0 Å². The van der Waals surface area contributed by atoms with Crippen LogP contribution in [0.4, 0.5) is 9.80 Å². The molecule has 0 spiro atoms. The van der Waals surface area contributed by atoms with E-state index in [1.807, 2.05) is 0 Å². The largest absolute Gasteiger partial charge is 0.351 e. The van der Waals surface area contributed by atoms with Crippen LogP contribution in [0.15, 0.2) is 29.2 Å². The molecule has 2 aromatic rings. The smallest absolute Gasteiger partial charge is 0.319 e. The minimum Gasteiger partial charge on any atom is -0.351 e. The zero-order valence-corrected chi connectivity index (χ0v) is 21.8. The van der Waals surface area contributed by atoms with E-state index in [2.05, 4.69) is 22.5 Å². The molecule has 0 bridgehead atoms. The number of likely N-dealkylation sites (N-methyl/N-ethyl adjacent to an activating group) is 1. The van der Waals surface area contributed by atoms with Crippen molar-refractivity contribution in [1.82, 2.24) is 14.5 Å². The maximum Gasteiger partial charge on any atom is 0.319 e. The zero-order valence-electron chi connectivity index (χ0n) is 20.2. The molecule has 0 radical (unpaired) electrons. The topological polar surface area (TPSA) is 142 Å². The fourth-order valence-corrected chi connectivity index (χ4v) is 7.41. The molecule has 36 heavy (non-hydrogen) atoms. The molecule has 1 saturated heterocycles. The van der Waals surface area contributed by atoms with Crippen molar-refractivity contribution in [3.63, 3.8) is 0 Å². The number of hydrogen-bond donors (Lipinski definition) is 3. The Balaban J connectivity index is 1.56. The highest BCUT2D eigenvalue weighted by molar-refractivity contribution is 7.89. The first-order valence-electron chi connectivity index (χ1n) is 12.1. The Labute approximate surface area is 214 Å². The second kappa shape index (κ2) is 11.1. The fraction of sp³-hybridized carbons (Fsp3) is 0.458. The van der Waals surface area contributed by atoms with E-state index in [1.165, 1.54) is 39.9 Å².